The topological polar surface area (TPSA) is 81.4 Å². The quantitative estimate of drug-likeness (QED) is 0.915. The third kappa shape index (κ3) is 2.66. The second-order valence-corrected chi connectivity index (χ2v) is 3.83. The summed E-state index contributed by atoms with van der Waals surface area (Å²) in [7, 11) is 0. The Bertz CT molecular complexity index is 712. The predicted molar refractivity (Wildman–Crippen MR) is 67.9 cm³/mol. The number of carbonyl (C=O) groups is 1. The van der Waals surface area contributed by atoms with Gasteiger partial charge in [0.15, 0.2) is 11.6 Å². The molecular formula is C13H11FN2O4. The Balaban J connectivity index is 2.47. The third-order valence-electron chi connectivity index (χ3n) is 2.49. The van der Waals surface area contributed by atoms with E-state index in [-0.39, 0.29) is 11.4 Å². The summed E-state index contributed by atoms with van der Waals surface area (Å²) in [5.74, 6) is -1.94. The van der Waals surface area contributed by atoms with Crippen LogP contribution in [0.3, 0.4) is 0 Å². The molecule has 0 aliphatic heterocycles. The van der Waals surface area contributed by atoms with Gasteiger partial charge in [0.1, 0.15) is 0 Å². The Labute approximate surface area is 113 Å². The molecule has 1 aromatic carbocycles. The van der Waals surface area contributed by atoms with Crippen LogP contribution in [-0.2, 0) is 0 Å². The zero-order valence-corrected chi connectivity index (χ0v) is 10.5. The Morgan fingerprint density at radius 3 is 2.80 bits per heavy atom. The van der Waals surface area contributed by atoms with Gasteiger partial charge in [-0.25, -0.2) is 13.9 Å². The van der Waals surface area contributed by atoms with Gasteiger partial charge in [0.2, 0.25) is 11.1 Å². The van der Waals surface area contributed by atoms with E-state index in [2.05, 4.69) is 5.10 Å². The molecule has 6 nitrogen and oxygen atoms in total. The van der Waals surface area contributed by atoms with Gasteiger partial charge in [-0.15, -0.1) is 0 Å². The molecule has 0 radical (unpaired) electrons. The fraction of sp³-hybridized carbons (Fsp3) is 0.154. The average molecular weight is 278 g/mol. The summed E-state index contributed by atoms with van der Waals surface area (Å²) < 4.78 is 19.9. The van der Waals surface area contributed by atoms with Crippen LogP contribution in [0.25, 0.3) is 5.69 Å². The first-order valence-electron chi connectivity index (χ1n) is 5.79. The SMILES string of the molecule is CCOc1ccc(-n2ccc(=O)c(C(=O)O)n2)cc1F. The molecule has 0 fully saturated rings. The zero-order chi connectivity index (χ0) is 14.7. The predicted octanol–water partition coefficient (Wildman–Crippen LogP) is 1.47. The lowest BCUT2D eigenvalue weighted by Gasteiger charge is -2.08. The minimum atomic E-state index is -1.43. The fourth-order valence-corrected chi connectivity index (χ4v) is 1.60. The van der Waals surface area contributed by atoms with Crippen LogP contribution in [0.5, 0.6) is 5.75 Å². The van der Waals surface area contributed by atoms with Gasteiger partial charge in [0.25, 0.3) is 0 Å². The maximum Gasteiger partial charge on any atom is 0.360 e. The van der Waals surface area contributed by atoms with E-state index >= 15 is 0 Å². The van der Waals surface area contributed by atoms with Crippen LogP contribution in [0.1, 0.15) is 17.4 Å². The number of carboxylic acids is 1. The molecule has 0 bridgehead atoms. The van der Waals surface area contributed by atoms with Crippen molar-refractivity contribution in [2.24, 2.45) is 0 Å². The minimum Gasteiger partial charge on any atom is -0.491 e. The largest absolute Gasteiger partial charge is 0.491 e. The van der Waals surface area contributed by atoms with Crippen molar-refractivity contribution in [1.29, 1.82) is 0 Å². The van der Waals surface area contributed by atoms with Gasteiger partial charge in [0.05, 0.1) is 12.3 Å². The first-order chi connectivity index (χ1) is 9.52. The number of nitrogens with zero attached hydrogens (tertiary/aromatic N) is 2. The standard InChI is InChI=1S/C13H11FN2O4/c1-2-20-11-4-3-8(7-9(11)14)16-6-5-10(17)12(15-16)13(18)19/h3-7H,2H2,1H3,(H,18,19). The summed E-state index contributed by atoms with van der Waals surface area (Å²) in [4.78, 5) is 22.1. The second-order valence-electron chi connectivity index (χ2n) is 3.83. The molecule has 0 atom stereocenters. The van der Waals surface area contributed by atoms with Crippen molar-refractivity contribution in [2.45, 2.75) is 6.92 Å². The van der Waals surface area contributed by atoms with Gasteiger partial charge in [-0.2, -0.15) is 5.10 Å². The average Bonchev–Trinajstić information content (AvgIpc) is 2.41. The molecule has 0 aliphatic rings. The molecule has 1 heterocycles. The van der Waals surface area contributed by atoms with Crippen LogP contribution in [-0.4, -0.2) is 27.5 Å². The van der Waals surface area contributed by atoms with E-state index < -0.39 is 22.9 Å². The van der Waals surface area contributed by atoms with Crippen LogP contribution in [0, 0.1) is 5.82 Å². The van der Waals surface area contributed by atoms with E-state index in [4.69, 9.17) is 9.84 Å². The lowest BCUT2D eigenvalue weighted by molar-refractivity contribution is 0.0687. The Morgan fingerprint density at radius 2 is 2.20 bits per heavy atom. The van der Waals surface area contributed by atoms with Crippen molar-refractivity contribution < 1.29 is 19.0 Å². The normalized spacial score (nSPS) is 10.3. The first-order valence-corrected chi connectivity index (χ1v) is 5.79. The van der Waals surface area contributed by atoms with Crippen molar-refractivity contribution >= 4 is 5.97 Å². The van der Waals surface area contributed by atoms with Crippen LogP contribution in [0.2, 0.25) is 0 Å². The van der Waals surface area contributed by atoms with Crippen LogP contribution in [0.4, 0.5) is 4.39 Å². The number of halogens is 1. The van der Waals surface area contributed by atoms with Crippen LogP contribution >= 0.6 is 0 Å². The minimum absolute atomic E-state index is 0.0933. The lowest BCUT2D eigenvalue weighted by atomic mass is 10.3. The number of carboxylic acid groups (broad SMARTS) is 1. The molecule has 0 saturated heterocycles. The van der Waals surface area contributed by atoms with Crippen LogP contribution in [0.15, 0.2) is 35.3 Å². The van der Waals surface area contributed by atoms with E-state index in [0.29, 0.717) is 6.61 Å². The summed E-state index contributed by atoms with van der Waals surface area (Å²) in [6.07, 6.45) is 1.27. The van der Waals surface area contributed by atoms with Crippen molar-refractivity contribution in [3.05, 3.63) is 52.2 Å². The van der Waals surface area contributed by atoms with Gasteiger partial charge < -0.3 is 9.84 Å². The Morgan fingerprint density at radius 1 is 1.45 bits per heavy atom. The van der Waals surface area contributed by atoms with Crippen molar-refractivity contribution in [3.8, 4) is 11.4 Å². The summed E-state index contributed by atoms with van der Waals surface area (Å²) in [6.45, 7) is 2.06. The number of hydrogen-bond donors (Lipinski definition) is 1. The third-order valence-corrected chi connectivity index (χ3v) is 2.49. The number of benzene rings is 1. The molecule has 1 aromatic heterocycles. The van der Waals surface area contributed by atoms with Gasteiger partial charge in [-0.3, -0.25) is 4.79 Å². The zero-order valence-electron chi connectivity index (χ0n) is 10.5. The molecule has 0 aliphatic carbocycles. The lowest BCUT2D eigenvalue weighted by Crippen LogP contribution is -2.20. The maximum absolute atomic E-state index is 13.7. The van der Waals surface area contributed by atoms with Gasteiger partial charge in [0, 0.05) is 18.3 Å². The molecule has 2 aromatic rings. The number of ether oxygens (including phenoxy) is 1. The highest BCUT2D eigenvalue weighted by molar-refractivity contribution is 5.84. The molecule has 0 saturated carbocycles. The van der Waals surface area contributed by atoms with Crippen molar-refractivity contribution in [1.82, 2.24) is 9.78 Å². The molecule has 0 spiro atoms. The summed E-state index contributed by atoms with van der Waals surface area (Å²) in [5, 5.41) is 12.5. The van der Waals surface area contributed by atoms with E-state index in [1.54, 1.807) is 6.92 Å². The number of hydrogen-bond acceptors (Lipinski definition) is 4. The maximum atomic E-state index is 13.7. The molecule has 2 rings (SSSR count). The Kier molecular flexibility index (Phi) is 3.79. The summed E-state index contributed by atoms with van der Waals surface area (Å²) in [6, 6.07) is 5.13. The van der Waals surface area contributed by atoms with Crippen molar-refractivity contribution in [2.75, 3.05) is 6.61 Å². The molecule has 1 N–H and O–H groups in total. The monoisotopic (exact) mass is 278 g/mol. The summed E-state index contributed by atoms with van der Waals surface area (Å²) in [5.41, 5.74) is -1.05. The highest BCUT2D eigenvalue weighted by atomic mass is 19.1. The van der Waals surface area contributed by atoms with Gasteiger partial charge in [-0.1, -0.05) is 0 Å². The second kappa shape index (κ2) is 5.52. The Hall–Kier alpha value is -2.70. The number of aromatic carboxylic acids is 1. The highest BCUT2D eigenvalue weighted by Gasteiger charge is 2.12. The summed E-state index contributed by atoms with van der Waals surface area (Å²) >= 11 is 0. The van der Waals surface area contributed by atoms with E-state index in [1.165, 1.54) is 18.3 Å². The molecular weight excluding hydrogens is 267 g/mol. The fourth-order valence-electron chi connectivity index (χ4n) is 1.60. The van der Waals surface area contributed by atoms with E-state index in [0.717, 1.165) is 16.8 Å². The molecule has 7 heteroatoms. The number of aromatic nitrogens is 2. The van der Waals surface area contributed by atoms with Crippen molar-refractivity contribution in [3.63, 3.8) is 0 Å². The molecule has 104 valence electrons. The first kappa shape index (κ1) is 13.7. The van der Waals surface area contributed by atoms with Gasteiger partial charge in [-0.05, 0) is 19.1 Å². The van der Waals surface area contributed by atoms with E-state index in [1.807, 2.05) is 0 Å². The molecule has 0 unspecified atom stereocenters. The van der Waals surface area contributed by atoms with Crippen LogP contribution < -0.4 is 10.2 Å². The molecule has 0 amide bonds. The van der Waals surface area contributed by atoms with E-state index in [9.17, 15) is 14.0 Å². The van der Waals surface area contributed by atoms with Gasteiger partial charge >= 0.3 is 5.97 Å². The smallest absolute Gasteiger partial charge is 0.360 e. The number of rotatable bonds is 4. The highest BCUT2D eigenvalue weighted by Crippen LogP contribution is 2.19. The molecule has 20 heavy (non-hydrogen) atoms.